The lowest BCUT2D eigenvalue weighted by molar-refractivity contribution is 0.598. The van der Waals surface area contributed by atoms with Gasteiger partial charge < -0.3 is 5.73 Å². The molecule has 0 saturated heterocycles. The minimum absolute atomic E-state index is 0.262. The Kier molecular flexibility index (Phi) is 3.24. The maximum Gasteiger partial charge on any atom is 0.128 e. The first-order chi connectivity index (χ1) is 8.11. The Balaban J connectivity index is 2.33. The molecule has 0 amide bonds. The summed E-state index contributed by atoms with van der Waals surface area (Å²) >= 11 is 0. The normalized spacial score (nSPS) is 12.7. The number of rotatable bonds is 3. The molecule has 2 N–H and O–H groups in total. The van der Waals surface area contributed by atoms with Gasteiger partial charge in [0, 0.05) is 23.9 Å². The molecule has 0 aliphatic heterocycles. The van der Waals surface area contributed by atoms with Gasteiger partial charge in [-0.3, -0.25) is 4.68 Å². The number of benzene rings is 1. The average Bonchev–Trinajstić information content (AvgIpc) is 2.76. The minimum Gasteiger partial charge on any atom is -0.320 e. The minimum atomic E-state index is -0.462. The summed E-state index contributed by atoms with van der Waals surface area (Å²) in [5.41, 5.74) is 8.27. The van der Waals surface area contributed by atoms with Crippen molar-refractivity contribution in [2.24, 2.45) is 5.73 Å². The Morgan fingerprint density at radius 3 is 2.82 bits per heavy atom. The zero-order chi connectivity index (χ0) is 12.4. The molecule has 3 nitrogen and oxygen atoms in total. The maximum absolute atomic E-state index is 13.8. The first-order valence-corrected chi connectivity index (χ1v) is 5.65. The first kappa shape index (κ1) is 11.8. The highest BCUT2D eigenvalue weighted by atomic mass is 19.1. The Labute approximate surface area is 100 Å². The average molecular weight is 233 g/mol. The lowest BCUT2D eigenvalue weighted by atomic mass is 10.0. The van der Waals surface area contributed by atoms with Gasteiger partial charge in [0.1, 0.15) is 5.82 Å². The Bertz CT molecular complexity index is 519. The van der Waals surface area contributed by atoms with Crippen molar-refractivity contribution in [3.63, 3.8) is 0 Å². The zero-order valence-corrected chi connectivity index (χ0v) is 10.0. The Morgan fingerprint density at radius 1 is 1.47 bits per heavy atom. The van der Waals surface area contributed by atoms with Crippen LogP contribution in [0, 0.1) is 12.7 Å². The molecule has 1 aromatic heterocycles. The van der Waals surface area contributed by atoms with Crippen LogP contribution >= 0.6 is 0 Å². The second kappa shape index (κ2) is 4.67. The van der Waals surface area contributed by atoms with Gasteiger partial charge in [-0.15, -0.1) is 0 Å². The van der Waals surface area contributed by atoms with Crippen molar-refractivity contribution in [2.45, 2.75) is 26.4 Å². The molecule has 2 aromatic rings. The summed E-state index contributed by atoms with van der Waals surface area (Å²) in [6.07, 6.45) is 3.54. The number of halogens is 1. The van der Waals surface area contributed by atoms with Crippen molar-refractivity contribution in [2.75, 3.05) is 0 Å². The predicted octanol–water partition coefficient (Wildman–Crippen LogP) is 2.40. The lowest BCUT2D eigenvalue weighted by Gasteiger charge is -2.11. The summed E-state index contributed by atoms with van der Waals surface area (Å²) in [6, 6.07) is 4.64. The van der Waals surface area contributed by atoms with E-state index in [-0.39, 0.29) is 5.82 Å². The third-order valence-corrected chi connectivity index (χ3v) is 2.83. The van der Waals surface area contributed by atoms with Gasteiger partial charge in [0.2, 0.25) is 0 Å². The van der Waals surface area contributed by atoms with E-state index < -0.39 is 6.04 Å². The fourth-order valence-electron chi connectivity index (χ4n) is 1.78. The summed E-state index contributed by atoms with van der Waals surface area (Å²) in [6.45, 7) is 4.63. The Hall–Kier alpha value is -1.68. The van der Waals surface area contributed by atoms with E-state index in [0.29, 0.717) is 5.56 Å². The predicted molar refractivity (Wildman–Crippen MR) is 65.1 cm³/mol. The van der Waals surface area contributed by atoms with Gasteiger partial charge in [-0.2, -0.15) is 5.10 Å². The molecule has 1 atom stereocenters. The van der Waals surface area contributed by atoms with E-state index >= 15 is 0 Å². The monoisotopic (exact) mass is 233 g/mol. The molecule has 4 heteroatoms. The van der Waals surface area contributed by atoms with Crippen molar-refractivity contribution in [1.82, 2.24) is 9.78 Å². The standard InChI is InChI=1S/C13H16FN3/c1-3-17-8-10(7-16-17)13(15)11-5-4-9(2)6-12(11)14/h4-8,13H,3,15H2,1-2H3. The molecule has 0 fully saturated rings. The van der Waals surface area contributed by atoms with E-state index in [1.165, 1.54) is 6.07 Å². The highest BCUT2D eigenvalue weighted by Crippen LogP contribution is 2.22. The molecule has 0 spiro atoms. The van der Waals surface area contributed by atoms with Crippen LogP contribution in [-0.2, 0) is 6.54 Å². The SMILES string of the molecule is CCn1cc(C(N)c2ccc(C)cc2F)cn1. The van der Waals surface area contributed by atoms with Crippen molar-refractivity contribution >= 4 is 0 Å². The number of aryl methyl sites for hydroxylation is 2. The van der Waals surface area contributed by atoms with Crippen molar-refractivity contribution in [1.29, 1.82) is 0 Å². The Morgan fingerprint density at radius 2 is 2.24 bits per heavy atom. The molecule has 1 aromatic carbocycles. The van der Waals surface area contributed by atoms with Gasteiger partial charge in [-0.25, -0.2) is 4.39 Å². The smallest absolute Gasteiger partial charge is 0.128 e. The highest BCUT2D eigenvalue weighted by molar-refractivity contribution is 5.32. The molecule has 0 radical (unpaired) electrons. The van der Waals surface area contributed by atoms with Crippen molar-refractivity contribution in [3.8, 4) is 0 Å². The van der Waals surface area contributed by atoms with E-state index in [0.717, 1.165) is 17.7 Å². The second-order valence-electron chi connectivity index (χ2n) is 4.13. The largest absolute Gasteiger partial charge is 0.320 e. The van der Waals surface area contributed by atoms with Gasteiger partial charge in [0.05, 0.1) is 12.2 Å². The van der Waals surface area contributed by atoms with Crippen LogP contribution in [0.1, 0.15) is 29.7 Å². The van der Waals surface area contributed by atoms with E-state index in [9.17, 15) is 4.39 Å². The molecule has 0 aliphatic carbocycles. The third-order valence-electron chi connectivity index (χ3n) is 2.83. The van der Waals surface area contributed by atoms with Crippen LogP contribution in [0.25, 0.3) is 0 Å². The van der Waals surface area contributed by atoms with Crippen LogP contribution in [0.5, 0.6) is 0 Å². The van der Waals surface area contributed by atoms with Crippen LogP contribution in [-0.4, -0.2) is 9.78 Å². The molecular formula is C13H16FN3. The highest BCUT2D eigenvalue weighted by Gasteiger charge is 2.15. The van der Waals surface area contributed by atoms with Gasteiger partial charge >= 0.3 is 0 Å². The van der Waals surface area contributed by atoms with Gasteiger partial charge in [-0.1, -0.05) is 12.1 Å². The summed E-state index contributed by atoms with van der Waals surface area (Å²) in [4.78, 5) is 0. The molecule has 0 aliphatic rings. The molecular weight excluding hydrogens is 217 g/mol. The topological polar surface area (TPSA) is 43.8 Å². The van der Waals surface area contributed by atoms with E-state index in [2.05, 4.69) is 5.10 Å². The van der Waals surface area contributed by atoms with Gasteiger partial charge in [-0.05, 0) is 25.5 Å². The summed E-state index contributed by atoms with van der Waals surface area (Å²) in [7, 11) is 0. The molecule has 17 heavy (non-hydrogen) atoms. The summed E-state index contributed by atoms with van der Waals surface area (Å²) < 4.78 is 15.5. The summed E-state index contributed by atoms with van der Waals surface area (Å²) in [5, 5.41) is 4.14. The fourth-order valence-corrected chi connectivity index (χ4v) is 1.78. The molecule has 0 saturated carbocycles. The number of hydrogen-bond donors (Lipinski definition) is 1. The number of nitrogens with two attached hydrogens (primary N) is 1. The maximum atomic E-state index is 13.8. The molecule has 1 unspecified atom stereocenters. The first-order valence-electron chi connectivity index (χ1n) is 5.65. The van der Waals surface area contributed by atoms with Gasteiger partial charge in [0.15, 0.2) is 0 Å². The van der Waals surface area contributed by atoms with Crippen LogP contribution < -0.4 is 5.73 Å². The van der Waals surface area contributed by atoms with Crippen LogP contribution in [0.15, 0.2) is 30.6 Å². The third kappa shape index (κ3) is 2.36. The molecule has 90 valence electrons. The van der Waals surface area contributed by atoms with E-state index in [1.807, 2.05) is 26.1 Å². The van der Waals surface area contributed by atoms with E-state index in [1.54, 1.807) is 16.9 Å². The number of nitrogens with zero attached hydrogens (tertiary/aromatic N) is 2. The van der Waals surface area contributed by atoms with Crippen LogP contribution in [0.3, 0.4) is 0 Å². The summed E-state index contributed by atoms with van der Waals surface area (Å²) in [5.74, 6) is -0.262. The lowest BCUT2D eigenvalue weighted by Crippen LogP contribution is -2.13. The quantitative estimate of drug-likeness (QED) is 0.884. The molecule has 2 rings (SSSR count). The zero-order valence-electron chi connectivity index (χ0n) is 10.0. The van der Waals surface area contributed by atoms with Crippen molar-refractivity contribution < 1.29 is 4.39 Å². The van der Waals surface area contributed by atoms with Crippen LogP contribution in [0.2, 0.25) is 0 Å². The van der Waals surface area contributed by atoms with Crippen molar-refractivity contribution in [3.05, 3.63) is 53.1 Å². The second-order valence-corrected chi connectivity index (χ2v) is 4.13. The van der Waals surface area contributed by atoms with Crippen LogP contribution in [0.4, 0.5) is 4.39 Å². The van der Waals surface area contributed by atoms with Gasteiger partial charge in [0.25, 0.3) is 0 Å². The number of hydrogen-bond acceptors (Lipinski definition) is 2. The fraction of sp³-hybridized carbons (Fsp3) is 0.308. The molecule has 1 heterocycles. The van der Waals surface area contributed by atoms with E-state index in [4.69, 9.17) is 5.73 Å². The number of aromatic nitrogens is 2. The molecule has 0 bridgehead atoms.